The molecule has 0 N–H and O–H groups in total. The molecule has 0 spiro atoms. The van der Waals surface area contributed by atoms with Crippen LogP contribution in [0.15, 0.2) is 30.6 Å². The first-order valence-corrected chi connectivity index (χ1v) is 5.83. The van der Waals surface area contributed by atoms with Gasteiger partial charge in [0.2, 0.25) is 6.20 Å². The molecular formula is C13H15N2O+. The number of hydrogen-bond acceptors (Lipinski definition) is 2. The van der Waals surface area contributed by atoms with Crippen molar-refractivity contribution < 1.29 is 9.57 Å². The minimum absolute atomic E-state index is 0.404. The third-order valence-electron chi connectivity index (χ3n) is 2.86. The molecule has 3 nitrogen and oxygen atoms in total. The van der Waals surface area contributed by atoms with Crippen molar-refractivity contribution >= 4 is 11.0 Å². The molecule has 16 heavy (non-hydrogen) atoms. The van der Waals surface area contributed by atoms with E-state index in [4.69, 9.17) is 4.84 Å². The van der Waals surface area contributed by atoms with Crippen molar-refractivity contribution in [3.63, 3.8) is 0 Å². The molecular weight excluding hydrogens is 200 g/mol. The lowest BCUT2D eigenvalue weighted by atomic mass is 10.2. The number of nitrogens with zero attached hydrogens (tertiary/aromatic N) is 2. The van der Waals surface area contributed by atoms with E-state index in [0.717, 1.165) is 17.5 Å². The molecule has 3 rings (SSSR count). The van der Waals surface area contributed by atoms with Crippen LogP contribution < -0.4 is 9.57 Å². The van der Waals surface area contributed by atoms with E-state index in [1.54, 1.807) is 0 Å². The Hall–Kier alpha value is -1.64. The lowest BCUT2D eigenvalue weighted by Crippen LogP contribution is -2.44. The van der Waals surface area contributed by atoms with Gasteiger partial charge in [0, 0.05) is 23.1 Å². The average molecular weight is 215 g/mol. The quantitative estimate of drug-likeness (QED) is 0.728. The van der Waals surface area contributed by atoms with Gasteiger partial charge in [0.25, 0.3) is 5.52 Å². The second-order valence-electron chi connectivity index (χ2n) is 4.24. The Morgan fingerprint density at radius 1 is 1.50 bits per heavy atom. The molecule has 82 valence electrons. The molecule has 0 bridgehead atoms. The van der Waals surface area contributed by atoms with Crippen molar-refractivity contribution in [3.05, 3.63) is 36.2 Å². The predicted octanol–water partition coefficient (Wildman–Crippen LogP) is 1.68. The third-order valence-corrected chi connectivity index (χ3v) is 2.86. The summed E-state index contributed by atoms with van der Waals surface area (Å²) in [5.74, 6) is 0. The molecule has 1 fully saturated rings. The van der Waals surface area contributed by atoms with Crippen LogP contribution in [0.25, 0.3) is 11.0 Å². The van der Waals surface area contributed by atoms with E-state index < -0.39 is 0 Å². The highest BCUT2D eigenvalue weighted by atomic mass is 16.7. The van der Waals surface area contributed by atoms with E-state index in [0.29, 0.717) is 6.10 Å². The van der Waals surface area contributed by atoms with Crippen molar-refractivity contribution in [1.29, 1.82) is 0 Å². The van der Waals surface area contributed by atoms with Crippen LogP contribution in [0.1, 0.15) is 25.3 Å². The highest BCUT2D eigenvalue weighted by molar-refractivity contribution is 5.70. The van der Waals surface area contributed by atoms with Crippen LogP contribution in [0.5, 0.6) is 0 Å². The fourth-order valence-corrected chi connectivity index (χ4v) is 1.72. The summed E-state index contributed by atoms with van der Waals surface area (Å²) in [5.41, 5.74) is 3.29. The van der Waals surface area contributed by atoms with Gasteiger partial charge < -0.3 is 0 Å². The van der Waals surface area contributed by atoms with Crippen LogP contribution in [-0.4, -0.2) is 11.1 Å². The molecule has 1 saturated carbocycles. The first-order chi connectivity index (χ1) is 7.86. The van der Waals surface area contributed by atoms with E-state index in [2.05, 4.69) is 18.0 Å². The van der Waals surface area contributed by atoms with Crippen molar-refractivity contribution in [2.24, 2.45) is 0 Å². The second-order valence-corrected chi connectivity index (χ2v) is 4.24. The molecule has 0 atom stereocenters. The van der Waals surface area contributed by atoms with E-state index >= 15 is 0 Å². The molecule has 0 saturated heterocycles. The maximum Gasteiger partial charge on any atom is 0.283 e. The molecule has 0 aromatic carbocycles. The molecule has 2 heterocycles. The highest BCUT2D eigenvalue weighted by Crippen LogP contribution is 2.19. The Bertz CT molecular complexity index is 520. The second kappa shape index (κ2) is 3.74. The Kier molecular flexibility index (Phi) is 2.24. The SMILES string of the molecule is CCc1cnc2ccc[n+](OC3CC3)c2c1. The summed E-state index contributed by atoms with van der Waals surface area (Å²) in [4.78, 5) is 10.3. The fraction of sp³-hybridized carbons (Fsp3) is 0.385. The summed E-state index contributed by atoms with van der Waals surface area (Å²) >= 11 is 0. The Morgan fingerprint density at radius 3 is 3.12 bits per heavy atom. The fourth-order valence-electron chi connectivity index (χ4n) is 1.72. The number of pyridine rings is 2. The van der Waals surface area contributed by atoms with Crippen molar-refractivity contribution in [2.75, 3.05) is 0 Å². The summed E-state index contributed by atoms with van der Waals surface area (Å²) in [6, 6.07) is 6.15. The van der Waals surface area contributed by atoms with Crippen LogP contribution >= 0.6 is 0 Å². The van der Waals surface area contributed by atoms with Gasteiger partial charge in [0.1, 0.15) is 5.52 Å². The number of hydrogen-bond donors (Lipinski definition) is 0. The van der Waals surface area contributed by atoms with Gasteiger partial charge in [-0.1, -0.05) is 6.92 Å². The van der Waals surface area contributed by atoms with Gasteiger partial charge >= 0.3 is 0 Å². The summed E-state index contributed by atoms with van der Waals surface area (Å²) in [5, 5.41) is 0. The minimum Gasteiger partial charge on any atom is -0.268 e. The van der Waals surface area contributed by atoms with Gasteiger partial charge in [-0.2, -0.15) is 0 Å². The third kappa shape index (κ3) is 1.73. The van der Waals surface area contributed by atoms with Crippen molar-refractivity contribution in [1.82, 2.24) is 4.98 Å². The summed E-state index contributed by atoms with van der Waals surface area (Å²) < 4.78 is 1.86. The zero-order chi connectivity index (χ0) is 11.0. The van der Waals surface area contributed by atoms with Crippen LogP contribution in [0.2, 0.25) is 0 Å². The van der Waals surface area contributed by atoms with Crippen LogP contribution in [0.3, 0.4) is 0 Å². The first-order valence-electron chi connectivity index (χ1n) is 5.83. The maximum absolute atomic E-state index is 5.81. The lowest BCUT2D eigenvalue weighted by Gasteiger charge is -2.00. The number of aryl methyl sites for hydroxylation is 1. The molecule has 1 aliphatic rings. The van der Waals surface area contributed by atoms with Crippen LogP contribution in [-0.2, 0) is 6.42 Å². The van der Waals surface area contributed by atoms with Gasteiger partial charge in [-0.3, -0.25) is 4.84 Å². The largest absolute Gasteiger partial charge is 0.283 e. The normalized spacial score (nSPS) is 15.3. The van der Waals surface area contributed by atoms with E-state index in [1.165, 1.54) is 18.4 Å². The molecule has 1 aliphatic carbocycles. The van der Waals surface area contributed by atoms with Crippen molar-refractivity contribution in [3.8, 4) is 0 Å². The number of fused-ring (bicyclic) bond motifs is 1. The minimum atomic E-state index is 0.404. The molecule has 0 unspecified atom stereocenters. The molecule has 0 radical (unpaired) electrons. The van der Waals surface area contributed by atoms with E-state index in [1.807, 2.05) is 29.3 Å². The Balaban J connectivity index is 2.10. The van der Waals surface area contributed by atoms with Crippen LogP contribution in [0.4, 0.5) is 0 Å². The standard InChI is InChI=1S/C13H15N2O/c1-2-10-8-13-12(14-9-10)4-3-7-15(13)16-11-5-6-11/h3-4,7-9,11H,2,5-6H2,1H3/q+1. The molecule has 2 aromatic rings. The van der Waals surface area contributed by atoms with Crippen molar-refractivity contribution in [2.45, 2.75) is 32.3 Å². The van der Waals surface area contributed by atoms with Gasteiger partial charge in [-0.25, -0.2) is 4.98 Å². The Labute approximate surface area is 94.6 Å². The smallest absolute Gasteiger partial charge is 0.268 e. The first kappa shape index (κ1) is 9.58. The van der Waals surface area contributed by atoms with E-state index in [9.17, 15) is 0 Å². The Morgan fingerprint density at radius 2 is 2.38 bits per heavy atom. The topological polar surface area (TPSA) is 26.0 Å². The zero-order valence-corrected chi connectivity index (χ0v) is 9.39. The zero-order valence-electron chi connectivity index (χ0n) is 9.39. The summed E-state index contributed by atoms with van der Waals surface area (Å²) in [6.07, 6.45) is 7.64. The molecule has 2 aromatic heterocycles. The maximum atomic E-state index is 5.81. The summed E-state index contributed by atoms with van der Waals surface area (Å²) in [6.45, 7) is 2.14. The molecule has 0 aliphatic heterocycles. The number of aromatic nitrogens is 2. The van der Waals surface area contributed by atoms with Gasteiger partial charge in [-0.15, -0.1) is 0 Å². The van der Waals surface area contributed by atoms with Gasteiger partial charge in [-0.05, 0) is 30.9 Å². The van der Waals surface area contributed by atoms with Crippen LogP contribution in [0, 0.1) is 0 Å². The predicted molar refractivity (Wildman–Crippen MR) is 60.9 cm³/mol. The monoisotopic (exact) mass is 215 g/mol. The molecule has 3 heteroatoms. The lowest BCUT2D eigenvalue weighted by molar-refractivity contribution is -0.874. The average Bonchev–Trinajstić information content (AvgIpc) is 3.13. The van der Waals surface area contributed by atoms with Gasteiger partial charge in [0.15, 0.2) is 6.10 Å². The molecule has 0 amide bonds. The van der Waals surface area contributed by atoms with E-state index in [-0.39, 0.29) is 0 Å². The highest BCUT2D eigenvalue weighted by Gasteiger charge is 2.29. The number of rotatable bonds is 3. The summed E-state index contributed by atoms with van der Waals surface area (Å²) in [7, 11) is 0. The van der Waals surface area contributed by atoms with Gasteiger partial charge in [0.05, 0.1) is 0 Å².